The largest absolute Gasteiger partial charge is 0.491 e. The highest BCUT2D eigenvalue weighted by Gasteiger charge is 2.43. The molecule has 0 spiro atoms. The van der Waals surface area contributed by atoms with Crippen molar-refractivity contribution in [3.8, 4) is 22.6 Å². The Kier molecular flexibility index (Phi) is 5.30. The Balaban J connectivity index is 1.79. The fourth-order valence-corrected chi connectivity index (χ4v) is 2.83. The third kappa shape index (κ3) is 4.35. The van der Waals surface area contributed by atoms with Crippen molar-refractivity contribution in [1.82, 2.24) is 0 Å². The zero-order valence-corrected chi connectivity index (χ0v) is 14.8. The van der Waals surface area contributed by atoms with E-state index in [2.05, 4.69) is 0 Å². The first-order valence-corrected chi connectivity index (χ1v) is 8.57. The molecule has 0 saturated heterocycles. The molecule has 4 nitrogen and oxygen atoms in total. The Morgan fingerprint density at radius 2 is 1.93 bits per heavy atom. The van der Waals surface area contributed by atoms with Gasteiger partial charge in [0.25, 0.3) is 0 Å². The normalized spacial score (nSPS) is 18.4. The van der Waals surface area contributed by atoms with E-state index in [4.69, 9.17) is 14.6 Å². The molecular weight excluding hydrogens is 361 g/mol. The Bertz CT molecular complexity index is 867. The van der Waals surface area contributed by atoms with Crippen LogP contribution in [-0.2, 0) is 4.79 Å². The lowest BCUT2D eigenvalue weighted by molar-refractivity contribution is -0.138. The van der Waals surface area contributed by atoms with Crippen LogP contribution in [0.25, 0.3) is 11.1 Å². The maximum absolute atomic E-state index is 14.3. The molecule has 0 bridgehead atoms. The number of halogens is 3. The number of carboxylic acids is 1. The van der Waals surface area contributed by atoms with Crippen LogP contribution in [0, 0.1) is 29.3 Å². The summed E-state index contributed by atoms with van der Waals surface area (Å²) < 4.78 is 53.1. The van der Waals surface area contributed by atoms with Gasteiger partial charge in [-0.3, -0.25) is 4.79 Å². The highest BCUT2D eigenvalue weighted by molar-refractivity contribution is 5.73. The van der Waals surface area contributed by atoms with Gasteiger partial charge in [0.2, 0.25) is 0 Å². The molecule has 2 unspecified atom stereocenters. The molecular formula is C20H19F3O4. The molecule has 0 amide bonds. The molecule has 1 aliphatic carbocycles. The van der Waals surface area contributed by atoms with Crippen molar-refractivity contribution >= 4 is 5.97 Å². The van der Waals surface area contributed by atoms with Crippen LogP contribution < -0.4 is 9.47 Å². The van der Waals surface area contributed by atoms with Crippen LogP contribution in [0.3, 0.4) is 0 Å². The summed E-state index contributed by atoms with van der Waals surface area (Å²) in [6.45, 7) is 3.59. The zero-order chi connectivity index (χ0) is 19.7. The van der Waals surface area contributed by atoms with E-state index >= 15 is 0 Å². The van der Waals surface area contributed by atoms with Gasteiger partial charge in [-0.15, -0.1) is 0 Å². The second-order valence-corrected chi connectivity index (χ2v) is 6.83. The molecule has 3 rings (SSSR count). The van der Waals surface area contributed by atoms with E-state index in [1.807, 2.05) is 0 Å². The first kappa shape index (κ1) is 19.1. The molecule has 144 valence electrons. The van der Waals surface area contributed by atoms with Gasteiger partial charge in [-0.05, 0) is 44.0 Å². The van der Waals surface area contributed by atoms with E-state index in [0.717, 1.165) is 12.1 Å². The highest BCUT2D eigenvalue weighted by Crippen LogP contribution is 2.39. The number of hydrogen-bond acceptors (Lipinski definition) is 3. The van der Waals surface area contributed by atoms with Gasteiger partial charge < -0.3 is 14.6 Å². The fraction of sp³-hybridized carbons (Fsp3) is 0.350. The maximum Gasteiger partial charge on any atom is 0.306 e. The quantitative estimate of drug-likeness (QED) is 0.759. The van der Waals surface area contributed by atoms with Crippen LogP contribution in [0.4, 0.5) is 13.2 Å². The van der Waals surface area contributed by atoms with E-state index in [1.165, 1.54) is 18.2 Å². The number of ether oxygens (including phenoxy) is 2. The number of carboxylic acid groups (broad SMARTS) is 1. The molecule has 0 heterocycles. The van der Waals surface area contributed by atoms with E-state index < -0.39 is 29.3 Å². The molecule has 2 atom stereocenters. The minimum absolute atomic E-state index is 0.0646. The van der Waals surface area contributed by atoms with Gasteiger partial charge in [-0.1, -0.05) is 6.07 Å². The molecule has 2 aromatic rings. The average Bonchev–Trinajstić information content (AvgIpc) is 3.36. The number of benzene rings is 2. The molecule has 1 N–H and O–H groups in total. The van der Waals surface area contributed by atoms with Crippen molar-refractivity contribution in [2.24, 2.45) is 11.8 Å². The first-order chi connectivity index (χ1) is 12.8. The smallest absolute Gasteiger partial charge is 0.306 e. The van der Waals surface area contributed by atoms with E-state index in [-0.39, 0.29) is 41.3 Å². The topological polar surface area (TPSA) is 55.8 Å². The monoisotopic (exact) mass is 380 g/mol. The first-order valence-electron chi connectivity index (χ1n) is 8.57. The van der Waals surface area contributed by atoms with Gasteiger partial charge in [-0.25, -0.2) is 13.2 Å². The third-order valence-corrected chi connectivity index (χ3v) is 4.31. The molecule has 7 heteroatoms. The van der Waals surface area contributed by atoms with Crippen LogP contribution in [0.2, 0.25) is 0 Å². The summed E-state index contributed by atoms with van der Waals surface area (Å²) in [5.74, 6) is -4.32. The van der Waals surface area contributed by atoms with Crippen molar-refractivity contribution < 1.29 is 32.5 Å². The van der Waals surface area contributed by atoms with Crippen LogP contribution in [-0.4, -0.2) is 23.8 Å². The van der Waals surface area contributed by atoms with Crippen molar-refractivity contribution in [1.29, 1.82) is 0 Å². The lowest BCUT2D eigenvalue weighted by Gasteiger charge is -2.13. The van der Waals surface area contributed by atoms with Crippen molar-refractivity contribution in [2.45, 2.75) is 26.4 Å². The zero-order valence-electron chi connectivity index (χ0n) is 14.8. The highest BCUT2D eigenvalue weighted by atomic mass is 19.2. The van der Waals surface area contributed by atoms with E-state index in [9.17, 15) is 18.0 Å². The summed E-state index contributed by atoms with van der Waals surface area (Å²) in [4.78, 5) is 10.8. The molecule has 1 aliphatic rings. The van der Waals surface area contributed by atoms with Gasteiger partial charge in [0.15, 0.2) is 23.2 Å². The molecule has 0 radical (unpaired) electrons. The summed E-state index contributed by atoms with van der Waals surface area (Å²) >= 11 is 0. The Labute approximate surface area is 154 Å². The van der Waals surface area contributed by atoms with Crippen LogP contribution in [0.1, 0.15) is 20.3 Å². The summed E-state index contributed by atoms with van der Waals surface area (Å²) in [7, 11) is 0. The molecule has 2 aromatic carbocycles. The van der Waals surface area contributed by atoms with Gasteiger partial charge in [-0.2, -0.15) is 0 Å². The summed E-state index contributed by atoms with van der Waals surface area (Å²) in [5.41, 5.74) is 0.0181. The summed E-state index contributed by atoms with van der Waals surface area (Å²) in [5, 5.41) is 8.86. The van der Waals surface area contributed by atoms with E-state index in [1.54, 1.807) is 13.8 Å². The minimum atomic E-state index is -1.10. The minimum Gasteiger partial charge on any atom is -0.491 e. The number of carbonyl (C=O) groups is 1. The molecule has 0 aliphatic heterocycles. The van der Waals surface area contributed by atoms with Gasteiger partial charge >= 0.3 is 5.97 Å². The Morgan fingerprint density at radius 1 is 1.19 bits per heavy atom. The van der Waals surface area contributed by atoms with Crippen molar-refractivity contribution in [3.05, 3.63) is 47.8 Å². The van der Waals surface area contributed by atoms with Crippen molar-refractivity contribution in [3.63, 3.8) is 0 Å². The Morgan fingerprint density at radius 3 is 2.52 bits per heavy atom. The van der Waals surface area contributed by atoms with Crippen molar-refractivity contribution in [2.75, 3.05) is 6.61 Å². The number of rotatable bonds is 7. The van der Waals surface area contributed by atoms with Crippen LogP contribution >= 0.6 is 0 Å². The van der Waals surface area contributed by atoms with Gasteiger partial charge in [0, 0.05) is 17.5 Å². The maximum atomic E-state index is 14.3. The summed E-state index contributed by atoms with van der Waals surface area (Å²) in [6.07, 6.45) is 0.273. The summed E-state index contributed by atoms with van der Waals surface area (Å²) in [6, 6.07) is 6.04. The lowest BCUT2D eigenvalue weighted by Crippen LogP contribution is -2.07. The molecule has 1 fully saturated rings. The third-order valence-electron chi connectivity index (χ3n) is 4.31. The lowest BCUT2D eigenvalue weighted by atomic mass is 10.0. The average molecular weight is 380 g/mol. The van der Waals surface area contributed by atoms with Crippen LogP contribution in [0.5, 0.6) is 11.5 Å². The SMILES string of the molecule is CC(C)Oc1cc(F)c(F)c(-c2ccc(OCC3CC3C(=O)O)c(F)c2)c1. The number of aliphatic carboxylic acids is 1. The number of hydrogen-bond donors (Lipinski definition) is 1. The standard InChI is InChI=1S/C20H19F3O4/c1-10(2)27-13-7-14(19(23)17(22)8-13)11-3-4-18(16(21)6-11)26-9-12-5-15(12)20(24)25/h3-4,6-8,10,12,15H,5,9H2,1-2H3,(H,24,25). The van der Waals surface area contributed by atoms with Crippen LogP contribution in [0.15, 0.2) is 30.3 Å². The molecule has 27 heavy (non-hydrogen) atoms. The second-order valence-electron chi connectivity index (χ2n) is 6.83. The second kappa shape index (κ2) is 7.50. The van der Waals surface area contributed by atoms with Gasteiger partial charge in [0.05, 0.1) is 18.6 Å². The predicted octanol–water partition coefficient (Wildman–Crippen LogP) is 4.66. The Hall–Kier alpha value is -2.70. The molecule has 0 aromatic heterocycles. The van der Waals surface area contributed by atoms with E-state index in [0.29, 0.717) is 6.42 Å². The molecule has 1 saturated carbocycles. The van der Waals surface area contributed by atoms with Gasteiger partial charge in [0.1, 0.15) is 5.75 Å². The predicted molar refractivity (Wildman–Crippen MR) is 92.2 cm³/mol. The fourth-order valence-electron chi connectivity index (χ4n) is 2.83.